The number of benzene rings is 1. The molecule has 2 atom stereocenters. The van der Waals surface area contributed by atoms with Gasteiger partial charge in [0, 0.05) is 19.6 Å². The van der Waals surface area contributed by atoms with Gasteiger partial charge in [-0.2, -0.15) is 0 Å². The van der Waals surface area contributed by atoms with Crippen molar-refractivity contribution in [1.29, 1.82) is 0 Å². The highest BCUT2D eigenvalue weighted by molar-refractivity contribution is 5.80. The van der Waals surface area contributed by atoms with Crippen LogP contribution < -0.4 is 10.6 Å². The molecule has 2 rings (SSSR count). The van der Waals surface area contributed by atoms with Crippen molar-refractivity contribution in [2.24, 2.45) is 5.92 Å². The lowest BCUT2D eigenvalue weighted by atomic mass is 9.97. The van der Waals surface area contributed by atoms with Crippen LogP contribution in [0.1, 0.15) is 38.3 Å². The molecule has 1 aromatic carbocycles. The Balaban J connectivity index is 1.93. The fourth-order valence-corrected chi connectivity index (χ4v) is 2.83. The van der Waals surface area contributed by atoms with Gasteiger partial charge in [0.15, 0.2) is 0 Å². The molecule has 2 unspecified atom stereocenters. The van der Waals surface area contributed by atoms with E-state index in [1.807, 2.05) is 13.8 Å². The number of carbonyl (C=O) groups excluding carboxylic acids is 2. The molecule has 3 amide bonds. The summed E-state index contributed by atoms with van der Waals surface area (Å²) in [6.07, 6.45) is 1.61. The standard InChI is InChI=1S/C17H24FN3O2/c1-3-19-16(22)14-7-5-9-21(11-14)17(23)20-12(2)13-6-4-8-15(18)10-13/h4,6,8,10,12,14H,3,5,7,9,11H2,1-2H3,(H,19,22)(H,20,23). The first-order chi connectivity index (χ1) is 11.0. The third-order valence-corrected chi connectivity index (χ3v) is 4.12. The number of halogens is 1. The molecule has 0 spiro atoms. The van der Waals surface area contributed by atoms with Crippen LogP contribution in [0.15, 0.2) is 24.3 Å². The number of nitrogens with one attached hydrogen (secondary N) is 2. The minimum Gasteiger partial charge on any atom is -0.356 e. The molecule has 1 aromatic rings. The predicted octanol–water partition coefficient (Wildman–Crippen LogP) is 2.44. The molecule has 1 fully saturated rings. The second kappa shape index (κ2) is 7.94. The van der Waals surface area contributed by atoms with Crippen LogP contribution >= 0.6 is 0 Å². The van der Waals surface area contributed by atoms with E-state index in [0.717, 1.165) is 18.4 Å². The van der Waals surface area contributed by atoms with Crippen molar-refractivity contribution in [3.63, 3.8) is 0 Å². The molecule has 1 saturated heterocycles. The first kappa shape index (κ1) is 17.2. The van der Waals surface area contributed by atoms with E-state index < -0.39 is 0 Å². The van der Waals surface area contributed by atoms with Crippen molar-refractivity contribution in [1.82, 2.24) is 15.5 Å². The summed E-state index contributed by atoms with van der Waals surface area (Å²) in [6, 6.07) is 5.69. The lowest BCUT2D eigenvalue weighted by Gasteiger charge is -2.33. The van der Waals surface area contributed by atoms with E-state index in [9.17, 15) is 14.0 Å². The van der Waals surface area contributed by atoms with Crippen LogP contribution in [-0.2, 0) is 4.79 Å². The second-order valence-corrected chi connectivity index (χ2v) is 5.91. The highest BCUT2D eigenvalue weighted by Crippen LogP contribution is 2.18. The molecule has 0 radical (unpaired) electrons. The molecule has 126 valence electrons. The minimum absolute atomic E-state index is 0.00294. The summed E-state index contributed by atoms with van der Waals surface area (Å²) in [6.45, 7) is 5.35. The Morgan fingerprint density at radius 1 is 1.43 bits per heavy atom. The summed E-state index contributed by atoms with van der Waals surface area (Å²) in [5.41, 5.74) is 0.718. The average molecular weight is 321 g/mol. The molecular weight excluding hydrogens is 297 g/mol. The molecule has 6 heteroatoms. The van der Waals surface area contributed by atoms with E-state index >= 15 is 0 Å². The average Bonchev–Trinajstić information content (AvgIpc) is 2.55. The van der Waals surface area contributed by atoms with Crippen molar-refractivity contribution in [3.05, 3.63) is 35.6 Å². The van der Waals surface area contributed by atoms with Gasteiger partial charge < -0.3 is 15.5 Å². The van der Waals surface area contributed by atoms with E-state index in [1.54, 1.807) is 17.0 Å². The molecule has 5 nitrogen and oxygen atoms in total. The van der Waals surface area contributed by atoms with Gasteiger partial charge in [-0.3, -0.25) is 4.79 Å². The topological polar surface area (TPSA) is 61.4 Å². The molecule has 0 aliphatic carbocycles. The zero-order chi connectivity index (χ0) is 16.8. The van der Waals surface area contributed by atoms with Crippen LogP contribution in [0.3, 0.4) is 0 Å². The van der Waals surface area contributed by atoms with Gasteiger partial charge in [-0.1, -0.05) is 12.1 Å². The quantitative estimate of drug-likeness (QED) is 0.895. The maximum Gasteiger partial charge on any atom is 0.317 e. The SMILES string of the molecule is CCNC(=O)C1CCCN(C(=O)NC(C)c2cccc(F)c2)C1. The summed E-state index contributed by atoms with van der Waals surface area (Å²) in [5, 5.41) is 5.68. The Kier molecular flexibility index (Phi) is 5.96. The van der Waals surface area contributed by atoms with E-state index in [1.165, 1.54) is 12.1 Å². The highest BCUT2D eigenvalue weighted by Gasteiger charge is 2.28. The van der Waals surface area contributed by atoms with Gasteiger partial charge in [0.05, 0.1) is 12.0 Å². The number of rotatable bonds is 4. The van der Waals surface area contributed by atoms with Crippen LogP contribution in [0.2, 0.25) is 0 Å². The van der Waals surface area contributed by atoms with Crippen LogP contribution in [-0.4, -0.2) is 36.5 Å². The molecule has 2 N–H and O–H groups in total. The van der Waals surface area contributed by atoms with E-state index in [-0.39, 0.29) is 29.7 Å². The van der Waals surface area contributed by atoms with Crippen LogP contribution in [0.25, 0.3) is 0 Å². The maximum absolute atomic E-state index is 13.3. The van der Waals surface area contributed by atoms with Crippen LogP contribution in [0.4, 0.5) is 9.18 Å². The molecule has 1 aliphatic heterocycles. The first-order valence-corrected chi connectivity index (χ1v) is 8.10. The zero-order valence-electron chi connectivity index (χ0n) is 13.6. The van der Waals surface area contributed by atoms with Gasteiger partial charge in [0.2, 0.25) is 5.91 Å². The summed E-state index contributed by atoms with van der Waals surface area (Å²) < 4.78 is 13.3. The summed E-state index contributed by atoms with van der Waals surface area (Å²) in [7, 11) is 0. The third-order valence-electron chi connectivity index (χ3n) is 4.12. The van der Waals surface area contributed by atoms with Crippen molar-refractivity contribution < 1.29 is 14.0 Å². The lowest BCUT2D eigenvalue weighted by Crippen LogP contribution is -2.49. The predicted molar refractivity (Wildman–Crippen MR) is 86.3 cm³/mol. The second-order valence-electron chi connectivity index (χ2n) is 5.91. The number of carbonyl (C=O) groups is 2. The number of amides is 3. The smallest absolute Gasteiger partial charge is 0.317 e. The number of nitrogens with zero attached hydrogens (tertiary/aromatic N) is 1. The molecule has 0 bridgehead atoms. The molecule has 1 aliphatic rings. The molecular formula is C17H24FN3O2. The van der Waals surface area contributed by atoms with E-state index in [0.29, 0.717) is 19.6 Å². The molecule has 23 heavy (non-hydrogen) atoms. The first-order valence-electron chi connectivity index (χ1n) is 8.10. The summed E-state index contributed by atoms with van der Waals surface area (Å²) >= 11 is 0. The van der Waals surface area contributed by atoms with Crippen LogP contribution in [0, 0.1) is 11.7 Å². The normalized spacial score (nSPS) is 19.1. The monoisotopic (exact) mass is 321 g/mol. The van der Waals surface area contributed by atoms with Crippen molar-refractivity contribution in [2.75, 3.05) is 19.6 Å². The highest BCUT2D eigenvalue weighted by atomic mass is 19.1. The fourth-order valence-electron chi connectivity index (χ4n) is 2.83. The third kappa shape index (κ3) is 4.68. The number of likely N-dealkylation sites (tertiary alicyclic amines) is 1. The van der Waals surface area contributed by atoms with Crippen molar-refractivity contribution in [2.45, 2.75) is 32.7 Å². The molecule has 0 aromatic heterocycles. The van der Waals surface area contributed by atoms with Gasteiger partial charge in [0.1, 0.15) is 5.82 Å². The molecule has 0 saturated carbocycles. The Bertz CT molecular complexity index is 565. The zero-order valence-corrected chi connectivity index (χ0v) is 13.6. The molecule has 1 heterocycles. The Morgan fingerprint density at radius 3 is 2.91 bits per heavy atom. The number of urea groups is 1. The lowest BCUT2D eigenvalue weighted by molar-refractivity contribution is -0.126. The van der Waals surface area contributed by atoms with Gasteiger partial charge in [-0.25, -0.2) is 9.18 Å². The van der Waals surface area contributed by atoms with E-state index in [4.69, 9.17) is 0 Å². The number of hydrogen-bond donors (Lipinski definition) is 2. The van der Waals surface area contributed by atoms with E-state index in [2.05, 4.69) is 10.6 Å². The fraction of sp³-hybridized carbons (Fsp3) is 0.529. The largest absolute Gasteiger partial charge is 0.356 e. The Hall–Kier alpha value is -2.11. The summed E-state index contributed by atoms with van der Waals surface area (Å²) in [4.78, 5) is 26.0. The minimum atomic E-state index is -0.321. The van der Waals surface area contributed by atoms with Gasteiger partial charge >= 0.3 is 6.03 Å². The van der Waals surface area contributed by atoms with Crippen molar-refractivity contribution in [3.8, 4) is 0 Å². The van der Waals surface area contributed by atoms with Gasteiger partial charge in [-0.15, -0.1) is 0 Å². The van der Waals surface area contributed by atoms with Gasteiger partial charge in [-0.05, 0) is 44.4 Å². The van der Waals surface area contributed by atoms with Gasteiger partial charge in [0.25, 0.3) is 0 Å². The number of hydrogen-bond acceptors (Lipinski definition) is 2. The summed E-state index contributed by atoms with van der Waals surface area (Å²) in [5.74, 6) is -0.472. The maximum atomic E-state index is 13.3. The Morgan fingerprint density at radius 2 is 2.22 bits per heavy atom. The Labute approximate surface area is 136 Å². The van der Waals surface area contributed by atoms with Crippen LogP contribution in [0.5, 0.6) is 0 Å². The number of piperidine rings is 1. The van der Waals surface area contributed by atoms with Crippen molar-refractivity contribution >= 4 is 11.9 Å².